The van der Waals surface area contributed by atoms with Crippen molar-refractivity contribution in [2.45, 2.75) is 18.6 Å². The first-order chi connectivity index (χ1) is 15.8. The van der Waals surface area contributed by atoms with Gasteiger partial charge in [0.2, 0.25) is 0 Å². The number of likely N-dealkylation sites (tertiary alicyclic amines) is 1. The van der Waals surface area contributed by atoms with E-state index in [-0.39, 0.29) is 36.7 Å². The van der Waals surface area contributed by atoms with E-state index in [2.05, 4.69) is 0 Å². The Labute approximate surface area is 192 Å². The van der Waals surface area contributed by atoms with Gasteiger partial charge in [-0.3, -0.25) is 4.79 Å². The predicted molar refractivity (Wildman–Crippen MR) is 120 cm³/mol. The van der Waals surface area contributed by atoms with Crippen molar-refractivity contribution in [1.29, 1.82) is 5.26 Å². The zero-order valence-corrected chi connectivity index (χ0v) is 18.5. The van der Waals surface area contributed by atoms with Crippen molar-refractivity contribution in [2.24, 2.45) is 5.73 Å². The lowest BCUT2D eigenvalue weighted by molar-refractivity contribution is 0.0635. The Bertz CT molecular complexity index is 1250. The first-order valence-electron chi connectivity index (χ1n) is 10.2. The van der Waals surface area contributed by atoms with E-state index in [1.54, 1.807) is 24.3 Å². The molecule has 2 atom stereocenters. The molecule has 33 heavy (non-hydrogen) atoms. The summed E-state index contributed by atoms with van der Waals surface area (Å²) in [5.41, 5.74) is 7.13. The maximum atomic E-state index is 14.4. The van der Waals surface area contributed by atoms with Gasteiger partial charge in [0.15, 0.2) is 11.6 Å². The molecular weight excluding hydrogens is 451 g/mol. The molecule has 1 amide bonds. The average Bonchev–Trinajstić information content (AvgIpc) is 3.25. The zero-order chi connectivity index (χ0) is 23.7. The molecule has 9 heteroatoms. The minimum absolute atomic E-state index is 0.0701. The molecule has 1 fully saturated rings. The number of nitriles is 1. The molecule has 0 bridgehead atoms. The SMILES string of the molecule is COc1ccc(-c2sc(C(=O)N3CCC(F)C(N)C3)cc2-c2ccc(C#N)c(F)c2)cc1F. The van der Waals surface area contributed by atoms with E-state index in [1.807, 2.05) is 0 Å². The van der Waals surface area contributed by atoms with E-state index in [0.717, 1.165) is 11.3 Å². The normalized spacial score (nSPS) is 18.1. The highest BCUT2D eigenvalue weighted by Gasteiger charge is 2.31. The number of rotatable bonds is 4. The summed E-state index contributed by atoms with van der Waals surface area (Å²) in [6, 6.07) is 11.2. The molecule has 0 spiro atoms. The number of carbonyl (C=O) groups is 1. The summed E-state index contributed by atoms with van der Waals surface area (Å²) < 4.78 is 47.5. The van der Waals surface area contributed by atoms with Crippen molar-refractivity contribution in [2.75, 3.05) is 20.2 Å². The molecule has 0 radical (unpaired) electrons. The van der Waals surface area contributed by atoms with Crippen LogP contribution < -0.4 is 10.5 Å². The second-order valence-corrected chi connectivity index (χ2v) is 8.78. The number of ether oxygens (including phenoxy) is 1. The fourth-order valence-electron chi connectivity index (χ4n) is 3.80. The summed E-state index contributed by atoms with van der Waals surface area (Å²) in [5, 5.41) is 9.03. The lowest BCUT2D eigenvalue weighted by Crippen LogP contribution is -2.51. The fraction of sp³-hybridized carbons (Fsp3) is 0.250. The Balaban J connectivity index is 1.80. The number of hydrogen-bond donors (Lipinski definition) is 1. The van der Waals surface area contributed by atoms with Crippen molar-refractivity contribution in [1.82, 2.24) is 4.90 Å². The Kier molecular flexibility index (Phi) is 6.40. The molecule has 2 heterocycles. The van der Waals surface area contributed by atoms with Gasteiger partial charge in [-0.15, -0.1) is 11.3 Å². The summed E-state index contributed by atoms with van der Waals surface area (Å²) in [6.07, 6.45) is -1.00. The number of benzene rings is 2. The van der Waals surface area contributed by atoms with Gasteiger partial charge < -0.3 is 15.4 Å². The lowest BCUT2D eigenvalue weighted by Gasteiger charge is -2.32. The molecule has 1 aromatic heterocycles. The van der Waals surface area contributed by atoms with Crippen LogP contribution in [0.2, 0.25) is 0 Å². The van der Waals surface area contributed by atoms with E-state index >= 15 is 0 Å². The second-order valence-electron chi connectivity index (χ2n) is 7.73. The van der Waals surface area contributed by atoms with Crippen LogP contribution >= 0.6 is 11.3 Å². The number of halogens is 3. The third kappa shape index (κ3) is 4.45. The molecular formula is C24H20F3N3O2S. The molecule has 1 aliphatic heterocycles. The van der Waals surface area contributed by atoms with Crippen LogP contribution in [0.5, 0.6) is 5.75 Å². The molecule has 1 aliphatic rings. The van der Waals surface area contributed by atoms with Gasteiger partial charge in [-0.2, -0.15) is 5.26 Å². The minimum atomic E-state index is -1.16. The molecule has 5 nitrogen and oxygen atoms in total. The van der Waals surface area contributed by atoms with Crippen LogP contribution in [0.3, 0.4) is 0 Å². The van der Waals surface area contributed by atoms with Crippen LogP contribution in [0.4, 0.5) is 13.2 Å². The van der Waals surface area contributed by atoms with Crippen LogP contribution in [0.25, 0.3) is 21.6 Å². The van der Waals surface area contributed by atoms with E-state index in [4.69, 9.17) is 15.7 Å². The molecule has 1 saturated heterocycles. The zero-order valence-electron chi connectivity index (χ0n) is 17.6. The molecule has 170 valence electrons. The van der Waals surface area contributed by atoms with Crippen LogP contribution in [-0.4, -0.2) is 43.2 Å². The monoisotopic (exact) mass is 471 g/mol. The third-order valence-corrected chi connectivity index (χ3v) is 6.79. The molecule has 0 aliphatic carbocycles. The van der Waals surface area contributed by atoms with Crippen molar-refractivity contribution in [3.8, 4) is 33.4 Å². The standard InChI is InChI=1S/C24H20F3N3O2S/c1-32-21-5-4-14(9-19(21)27)23-16(13-2-3-15(11-28)18(26)8-13)10-22(33-23)24(31)30-7-6-17(25)20(29)12-30/h2-5,8-10,17,20H,6-7,12,29H2,1H3. The highest BCUT2D eigenvalue weighted by molar-refractivity contribution is 7.18. The summed E-state index contributed by atoms with van der Waals surface area (Å²) >= 11 is 1.13. The molecule has 2 aromatic carbocycles. The largest absolute Gasteiger partial charge is 0.494 e. The maximum absolute atomic E-state index is 14.4. The summed E-state index contributed by atoms with van der Waals surface area (Å²) in [4.78, 5) is 15.5. The minimum Gasteiger partial charge on any atom is -0.494 e. The first kappa shape index (κ1) is 22.8. The van der Waals surface area contributed by atoms with Crippen LogP contribution in [0, 0.1) is 23.0 Å². The Morgan fingerprint density at radius 1 is 1.18 bits per heavy atom. The molecule has 4 rings (SSSR count). The average molecular weight is 472 g/mol. The quantitative estimate of drug-likeness (QED) is 0.596. The van der Waals surface area contributed by atoms with Crippen molar-refractivity contribution in [3.05, 3.63) is 64.5 Å². The number of alkyl halides is 1. The number of carbonyl (C=O) groups excluding carboxylic acids is 1. The van der Waals surface area contributed by atoms with Crippen LogP contribution in [0.1, 0.15) is 21.7 Å². The van der Waals surface area contributed by atoms with E-state index in [0.29, 0.717) is 26.4 Å². The molecule has 3 aromatic rings. The number of nitrogens with two attached hydrogens (primary N) is 1. The highest BCUT2D eigenvalue weighted by Crippen LogP contribution is 2.41. The van der Waals surface area contributed by atoms with E-state index in [1.165, 1.54) is 36.3 Å². The van der Waals surface area contributed by atoms with Gasteiger partial charge in [0, 0.05) is 23.5 Å². The number of piperidine rings is 1. The number of hydrogen-bond acceptors (Lipinski definition) is 5. The van der Waals surface area contributed by atoms with Gasteiger partial charge in [0.1, 0.15) is 18.1 Å². The summed E-state index contributed by atoms with van der Waals surface area (Å²) in [6.45, 7) is 0.324. The molecule has 2 N–H and O–H groups in total. The Morgan fingerprint density at radius 2 is 1.91 bits per heavy atom. The second kappa shape index (κ2) is 9.25. The number of amides is 1. The van der Waals surface area contributed by atoms with Crippen molar-refractivity contribution >= 4 is 17.2 Å². The fourth-order valence-corrected chi connectivity index (χ4v) is 4.94. The number of thiophene rings is 1. The summed E-state index contributed by atoms with van der Waals surface area (Å²) in [7, 11) is 1.36. The number of nitrogens with zero attached hydrogens (tertiary/aromatic N) is 2. The van der Waals surface area contributed by atoms with Gasteiger partial charge in [0.05, 0.1) is 23.6 Å². The Hall–Kier alpha value is -3.35. The number of methoxy groups -OCH3 is 1. The maximum Gasteiger partial charge on any atom is 0.264 e. The van der Waals surface area contributed by atoms with Gasteiger partial charge >= 0.3 is 0 Å². The summed E-state index contributed by atoms with van der Waals surface area (Å²) in [5.74, 6) is -1.53. The third-order valence-electron chi connectivity index (χ3n) is 5.62. The van der Waals surface area contributed by atoms with Crippen LogP contribution in [-0.2, 0) is 0 Å². The van der Waals surface area contributed by atoms with Gasteiger partial charge in [-0.1, -0.05) is 6.07 Å². The van der Waals surface area contributed by atoms with Gasteiger partial charge in [-0.25, -0.2) is 13.2 Å². The molecule has 0 saturated carbocycles. The van der Waals surface area contributed by atoms with Crippen LogP contribution in [0.15, 0.2) is 42.5 Å². The topological polar surface area (TPSA) is 79.3 Å². The molecule has 2 unspecified atom stereocenters. The smallest absolute Gasteiger partial charge is 0.264 e. The Morgan fingerprint density at radius 3 is 2.55 bits per heavy atom. The predicted octanol–water partition coefficient (Wildman–Crippen LogP) is 4.75. The van der Waals surface area contributed by atoms with Crippen molar-refractivity contribution in [3.63, 3.8) is 0 Å². The van der Waals surface area contributed by atoms with Gasteiger partial charge in [0.25, 0.3) is 5.91 Å². The first-order valence-corrected chi connectivity index (χ1v) is 11.0. The van der Waals surface area contributed by atoms with E-state index in [9.17, 15) is 18.0 Å². The highest BCUT2D eigenvalue weighted by atomic mass is 32.1. The van der Waals surface area contributed by atoms with E-state index < -0.39 is 23.8 Å². The van der Waals surface area contributed by atoms with Crippen molar-refractivity contribution < 1.29 is 22.7 Å². The lowest BCUT2D eigenvalue weighted by atomic mass is 10.00. The van der Waals surface area contributed by atoms with Gasteiger partial charge in [-0.05, 0) is 53.9 Å².